The summed E-state index contributed by atoms with van der Waals surface area (Å²) in [7, 11) is 0. The molecule has 1 heterocycles. The Balaban J connectivity index is 1.51. The fourth-order valence-corrected chi connectivity index (χ4v) is 5.14. The highest BCUT2D eigenvalue weighted by Crippen LogP contribution is 2.45. The summed E-state index contributed by atoms with van der Waals surface area (Å²) >= 11 is 0. The number of hydrogen-bond acceptors (Lipinski definition) is 6. The molecule has 41 heavy (non-hydrogen) atoms. The smallest absolute Gasteiger partial charge is 0.252 e. The first-order valence-corrected chi connectivity index (χ1v) is 13.4. The summed E-state index contributed by atoms with van der Waals surface area (Å²) in [4.78, 5) is 27.0. The van der Waals surface area contributed by atoms with E-state index in [1.54, 1.807) is 31.2 Å². The summed E-state index contributed by atoms with van der Waals surface area (Å²) < 4.78 is 5.99. The summed E-state index contributed by atoms with van der Waals surface area (Å²) in [6, 6.07) is 25.6. The van der Waals surface area contributed by atoms with Crippen molar-refractivity contribution < 1.29 is 24.5 Å². The molecular weight excluding hydrogens is 518 g/mol. The third-order valence-electron chi connectivity index (χ3n) is 7.12. The van der Waals surface area contributed by atoms with Gasteiger partial charge in [-0.25, -0.2) is 0 Å². The van der Waals surface area contributed by atoms with E-state index in [1.165, 1.54) is 0 Å². The molecular formula is C34H31NO6. The standard InChI is InChI=1S/C34H31NO6/c1-19(2)18-25-29(36)32(39)31(38)27-30(37)26(20(3)41-33(25)27)21-14-16-24(17-15-21)34(40)35-28(22-10-6-4-7-11-22)23-12-8-5-9-13-23/h4-17,19,28,36,38-39H,18H2,1-3H3,(H,35,40). The van der Waals surface area contributed by atoms with Gasteiger partial charge in [0, 0.05) is 11.1 Å². The maximum Gasteiger partial charge on any atom is 0.252 e. The second-order valence-electron chi connectivity index (χ2n) is 10.5. The lowest BCUT2D eigenvalue weighted by molar-refractivity contribution is 0.0943. The van der Waals surface area contributed by atoms with Crippen LogP contribution in [0.15, 0.2) is 94.1 Å². The van der Waals surface area contributed by atoms with Crippen molar-refractivity contribution in [3.05, 3.63) is 123 Å². The van der Waals surface area contributed by atoms with Crippen molar-refractivity contribution in [1.82, 2.24) is 5.32 Å². The monoisotopic (exact) mass is 549 g/mol. The third kappa shape index (κ3) is 5.26. The van der Waals surface area contributed by atoms with E-state index < -0.39 is 22.7 Å². The van der Waals surface area contributed by atoms with E-state index in [9.17, 15) is 24.9 Å². The lowest BCUT2D eigenvalue weighted by atomic mass is 9.95. The van der Waals surface area contributed by atoms with Gasteiger partial charge in [0.2, 0.25) is 11.2 Å². The Labute approximate surface area is 237 Å². The highest BCUT2D eigenvalue weighted by molar-refractivity contribution is 5.96. The van der Waals surface area contributed by atoms with Crippen molar-refractivity contribution in [2.45, 2.75) is 33.2 Å². The molecule has 0 aliphatic heterocycles. The number of fused-ring (bicyclic) bond motifs is 1. The average Bonchev–Trinajstić information content (AvgIpc) is 2.97. The molecule has 0 aliphatic rings. The molecule has 1 aromatic heterocycles. The third-order valence-corrected chi connectivity index (χ3v) is 7.12. The molecule has 4 N–H and O–H groups in total. The summed E-state index contributed by atoms with van der Waals surface area (Å²) in [6.45, 7) is 5.48. The van der Waals surface area contributed by atoms with Crippen molar-refractivity contribution in [2.75, 3.05) is 0 Å². The molecule has 0 saturated heterocycles. The molecule has 5 aromatic rings. The Morgan fingerprint density at radius 2 is 1.37 bits per heavy atom. The minimum Gasteiger partial charge on any atom is -0.504 e. The normalized spacial score (nSPS) is 11.3. The van der Waals surface area contributed by atoms with E-state index in [1.807, 2.05) is 74.5 Å². The van der Waals surface area contributed by atoms with E-state index in [2.05, 4.69) is 5.32 Å². The Bertz CT molecular complexity index is 1740. The van der Waals surface area contributed by atoms with Crippen molar-refractivity contribution in [2.24, 2.45) is 5.92 Å². The molecule has 1 amide bonds. The zero-order chi connectivity index (χ0) is 29.3. The molecule has 7 heteroatoms. The van der Waals surface area contributed by atoms with Crippen LogP contribution in [0.3, 0.4) is 0 Å². The predicted octanol–water partition coefficient (Wildman–Crippen LogP) is 6.60. The molecule has 0 fully saturated rings. The molecule has 0 radical (unpaired) electrons. The number of carbonyl (C=O) groups is 1. The number of aromatic hydroxyl groups is 3. The number of benzene rings is 4. The van der Waals surface area contributed by atoms with Gasteiger partial charge in [-0.2, -0.15) is 0 Å². The molecule has 4 aromatic carbocycles. The maximum atomic E-state index is 13.7. The Hall–Kier alpha value is -5.04. The molecule has 0 bridgehead atoms. The molecule has 0 unspecified atom stereocenters. The van der Waals surface area contributed by atoms with Crippen LogP contribution in [0.4, 0.5) is 0 Å². The molecule has 5 rings (SSSR count). The molecule has 7 nitrogen and oxygen atoms in total. The number of nitrogens with one attached hydrogen (secondary N) is 1. The van der Waals surface area contributed by atoms with Gasteiger partial charge in [0.15, 0.2) is 11.5 Å². The first-order valence-electron chi connectivity index (χ1n) is 13.4. The van der Waals surface area contributed by atoms with Crippen molar-refractivity contribution >= 4 is 16.9 Å². The Morgan fingerprint density at radius 3 is 1.90 bits per heavy atom. The average molecular weight is 550 g/mol. The molecule has 0 atom stereocenters. The number of hydrogen-bond donors (Lipinski definition) is 4. The number of phenolic OH excluding ortho intramolecular Hbond substituents is 3. The van der Waals surface area contributed by atoms with Gasteiger partial charge in [0.05, 0.1) is 11.6 Å². The van der Waals surface area contributed by atoms with Gasteiger partial charge in [-0.05, 0) is 48.1 Å². The minimum absolute atomic E-state index is 0.0432. The number of rotatable bonds is 7. The van der Waals surface area contributed by atoms with Crippen LogP contribution in [0.1, 0.15) is 52.7 Å². The fourth-order valence-electron chi connectivity index (χ4n) is 5.14. The van der Waals surface area contributed by atoms with Gasteiger partial charge >= 0.3 is 0 Å². The van der Waals surface area contributed by atoms with Crippen molar-refractivity contribution in [3.8, 4) is 28.4 Å². The summed E-state index contributed by atoms with van der Waals surface area (Å²) in [6.07, 6.45) is 0.328. The van der Waals surface area contributed by atoms with Gasteiger partial charge in [0.1, 0.15) is 16.7 Å². The molecule has 0 saturated carbocycles. The van der Waals surface area contributed by atoms with Crippen LogP contribution in [-0.2, 0) is 6.42 Å². The lowest BCUT2D eigenvalue weighted by Gasteiger charge is -2.20. The molecule has 208 valence electrons. The van der Waals surface area contributed by atoms with Crippen LogP contribution in [-0.4, -0.2) is 21.2 Å². The Morgan fingerprint density at radius 1 is 0.805 bits per heavy atom. The minimum atomic E-state index is -0.756. The second kappa shape index (κ2) is 11.2. The van der Waals surface area contributed by atoms with Crippen LogP contribution < -0.4 is 10.7 Å². The summed E-state index contributed by atoms with van der Waals surface area (Å²) in [5, 5.41) is 34.3. The highest BCUT2D eigenvalue weighted by Gasteiger charge is 2.26. The van der Waals surface area contributed by atoms with Gasteiger partial charge in [0.25, 0.3) is 5.91 Å². The number of carbonyl (C=O) groups excluding carboxylic acids is 1. The zero-order valence-corrected chi connectivity index (χ0v) is 23.0. The van der Waals surface area contributed by atoms with Crippen molar-refractivity contribution in [1.29, 1.82) is 0 Å². The first kappa shape index (κ1) is 27.5. The van der Waals surface area contributed by atoms with E-state index in [0.29, 0.717) is 17.5 Å². The fraction of sp³-hybridized carbons (Fsp3) is 0.176. The number of aryl methyl sites for hydroxylation is 1. The van der Waals surface area contributed by atoms with Gasteiger partial charge < -0.3 is 25.1 Å². The van der Waals surface area contributed by atoms with Crippen LogP contribution in [0.2, 0.25) is 0 Å². The van der Waals surface area contributed by atoms with Crippen LogP contribution in [0, 0.1) is 12.8 Å². The largest absolute Gasteiger partial charge is 0.504 e. The first-order chi connectivity index (χ1) is 19.7. The summed E-state index contributed by atoms with van der Waals surface area (Å²) in [5.74, 6) is -1.91. The quantitative estimate of drug-likeness (QED) is 0.170. The number of phenols is 3. The van der Waals surface area contributed by atoms with Gasteiger partial charge in [-0.1, -0.05) is 86.6 Å². The highest BCUT2D eigenvalue weighted by atomic mass is 16.3. The van der Waals surface area contributed by atoms with Crippen LogP contribution >= 0.6 is 0 Å². The lowest BCUT2D eigenvalue weighted by Crippen LogP contribution is -2.29. The van der Waals surface area contributed by atoms with Crippen LogP contribution in [0.25, 0.3) is 22.1 Å². The van der Waals surface area contributed by atoms with E-state index in [0.717, 1.165) is 11.1 Å². The SMILES string of the molecule is Cc1oc2c(CC(C)C)c(O)c(O)c(O)c2c(=O)c1-c1ccc(C(=O)NC(c2ccccc2)c2ccccc2)cc1. The molecule has 0 spiro atoms. The van der Waals surface area contributed by atoms with E-state index in [4.69, 9.17) is 4.42 Å². The van der Waals surface area contributed by atoms with E-state index >= 15 is 0 Å². The van der Waals surface area contributed by atoms with Crippen molar-refractivity contribution in [3.63, 3.8) is 0 Å². The van der Waals surface area contributed by atoms with Gasteiger partial charge in [-0.3, -0.25) is 9.59 Å². The predicted molar refractivity (Wildman–Crippen MR) is 158 cm³/mol. The van der Waals surface area contributed by atoms with Gasteiger partial charge in [-0.15, -0.1) is 0 Å². The summed E-state index contributed by atoms with van der Waals surface area (Å²) in [5.41, 5.74) is 2.71. The Kier molecular flexibility index (Phi) is 7.53. The zero-order valence-electron chi connectivity index (χ0n) is 23.0. The van der Waals surface area contributed by atoms with E-state index in [-0.39, 0.29) is 45.7 Å². The number of amides is 1. The topological polar surface area (TPSA) is 120 Å². The second-order valence-corrected chi connectivity index (χ2v) is 10.5. The molecule has 0 aliphatic carbocycles. The van der Waals surface area contributed by atoms with Crippen LogP contribution in [0.5, 0.6) is 17.2 Å². The maximum absolute atomic E-state index is 13.7.